The Bertz CT molecular complexity index is 1860. The number of halogens is 1. The van der Waals surface area contributed by atoms with Gasteiger partial charge in [0, 0.05) is 46.0 Å². The normalized spacial score (nSPS) is 21.0. The lowest BCUT2D eigenvalue weighted by molar-refractivity contribution is -0.384. The van der Waals surface area contributed by atoms with Gasteiger partial charge in [0.15, 0.2) is 17.3 Å². The van der Waals surface area contributed by atoms with Gasteiger partial charge in [-0.25, -0.2) is 4.39 Å². The zero-order valence-corrected chi connectivity index (χ0v) is 22.8. The van der Waals surface area contributed by atoms with E-state index < -0.39 is 45.7 Å². The summed E-state index contributed by atoms with van der Waals surface area (Å²) in [6.07, 6.45) is 3.37. The molecule has 1 unspecified atom stereocenters. The summed E-state index contributed by atoms with van der Waals surface area (Å²) < 4.78 is 19.8. The SMILES string of the molecule is COc1cccc(C(=O)[C@@H]2[C@@H](c3ccc([N+](=O)[O-])cc3)C3(C(=O)c4ccccc4C3=O)C3C=Cc4cc(F)ccc4N32)c1. The third-order valence-electron chi connectivity index (χ3n) is 8.85. The fourth-order valence-corrected chi connectivity index (χ4v) is 7.07. The lowest BCUT2D eigenvalue weighted by atomic mass is 9.64. The number of anilines is 1. The molecule has 1 fully saturated rings. The lowest BCUT2D eigenvalue weighted by Crippen LogP contribution is -2.48. The predicted molar refractivity (Wildman–Crippen MR) is 156 cm³/mol. The van der Waals surface area contributed by atoms with Gasteiger partial charge < -0.3 is 9.64 Å². The maximum atomic E-state index is 14.7. The summed E-state index contributed by atoms with van der Waals surface area (Å²) in [4.78, 5) is 56.7. The van der Waals surface area contributed by atoms with Crippen molar-refractivity contribution < 1.29 is 28.4 Å². The van der Waals surface area contributed by atoms with E-state index in [2.05, 4.69) is 0 Å². The van der Waals surface area contributed by atoms with Crippen LogP contribution in [0.5, 0.6) is 5.75 Å². The second-order valence-corrected chi connectivity index (χ2v) is 10.9. The molecule has 7 rings (SSSR count). The molecule has 0 N–H and O–H groups in total. The molecule has 0 saturated carbocycles. The standard InChI is InChI=1S/C34H23FN2O6/c1-43-24-6-4-5-21(18-24)31(38)30-29(19-9-13-23(14-10-19)37(41)42)34(32(39)25-7-2-3-8-26(25)33(34)40)28-16-11-20-17-22(35)12-15-27(20)36(28)30/h2-18,28-30H,1H3/t28?,29-,30+/m1/s1. The highest BCUT2D eigenvalue weighted by Crippen LogP contribution is 2.61. The average molecular weight is 575 g/mol. The van der Waals surface area contributed by atoms with Crippen LogP contribution in [0.25, 0.3) is 6.08 Å². The molecular weight excluding hydrogens is 551 g/mol. The number of nitro groups is 1. The number of non-ortho nitro benzene ring substituents is 1. The van der Waals surface area contributed by atoms with Crippen molar-refractivity contribution in [1.29, 1.82) is 0 Å². The van der Waals surface area contributed by atoms with E-state index in [1.165, 1.54) is 43.5 Å². The molecule has 4 aromatic carbocycles. The van der Waals surface area contributed by atoms with E-state index in [0.717, 1.165) is 0 Å². The van der Waals surface area contributed by atoms with Crippen LogP contribution in [0.2, 0.25) is 0 Å². The summed E-state index contributed by atoms with van der Waals surface area (Å²) in [5.41, 5.74) is 0.275. The number of hydrogen-bond donors (Lipinski definition) is 0. The molecule has 3 atom stereocenters. The fourth-order valence-electron chi connectivity index (χ4n) is 7.07. The van der Waals surface area contributed by atoms with Gasteiger partial charge in [0.25, 0.3) is 5.69 Å². The van der Waals surface area contributed by atoms with Crippen LogP contribution < -0.4 is 9.64 Å². The van der Waals surface area contributed by atoms with Crippen LogP contribution in [0.1, 0.15) is 48.1 Å². The Morgan fingerprint density at radius 3 is 2.28 bits per heavy atom. The first-order valence-corrected chi connectivity index (χ1v) is 13.6. The van der Waals surface area contributed by atoms with Gasteiger partial charge in [-0.15, -0.1) is 0 Å². The molecule has 2 aliphatic heterocycles. The van der Waals surface area contributed by atoms with Crippen molar-refractivity contribution in [1.82, 2.24) is 0 Å². The van der Waals surface area contributed by atoms with Crippen LogP contribution >= 0.6 is 0 Å². The van der Waals surface area contributed by atoms with E-state index in [0.29, 0.717) is 28.1 Å². The number of nitro benzene ring substituents is 1. The van der Waals surface area contributed by atoms with Crippen molar-refractivity contribution in [3.05, 3.63) is 141 Å². The average Bonchev–Trinajstić information content (AvgIpc) is 3.46. The topological polar surface area (TPSA) is 107 Å². The molecule has 1 saturated heterocycles. The number of methoxy groups -OCH3 is 1. The molecule has 0 radical (unpaired) electrons. The number of fused-ring (bicyclic) bond motifs is 5. The van der Waals surface area contributed by atoms with Crippen LogP contribution in [0, 0.1) is 21.3 Å². The highest BCUT2D eigenvalue weighted by Gasteiger charge is 2.71. The zero-order valence-electron chi connectivity index (χ0n) is 22.8. The zero-order chi connectivity index (χ0) is 30.0. The maximum absolute atomic E-state index is 14.7. The first-order chi connectivity index (χ1) is 20.8. The van der Waals surface area contributed by atoms with Crippen molar-refractivity contribution in [3.63, 3.8) is 0 Å². The van der Waals surface area contributed by atoms with Crippen molar-refractivity contribution >= 4 is 34.8 Å². The smallest absolute Gasteiger partial charge is 0.269 e. The highest BCUT2D eigenvalue weighted by molar-refractivity contribution is 6.32. The third kappa shape index (κ3) is 3.64. The Hall–Kier alpha value is -5.44. The number of carbonyl (C=O) groups excluding carboxylic acids is 3. The molecular formula is C34H23FN2O6. The second kappa shape index (κ2) is 9.55. The summed E-state index contributed by atoms with van der Waals surface area (Å²) in [5.74, 6) is -2.32. The van der Waals surface area contributed by atoms with Crippen molar-refractivity contribution in [2.75, 3.05) is 12.0 Å². The highest BCUT2D eigenvalue weighted by atomic mass is 19.1. The Balaban J connectivity index is 1.54. The molecule has 212 valence electrons. The number of benzene rings is 4. The summed E-state index contributed by atoms with van der Waals surface area (Å²) in [7, 11) is 1.48. The molecule has 4 aromatic rings. The van der Waals surface area contributed by atoms with Gasteiger partial charge >= 0.3 is 0 Å². The van der Waals surface area contributed by atoms with Gasteiger partial charge in [-0.2, -0.15) is 0 Å². The number of carbonyl (C=O) groups is 3. The van der Waals surface area contributed by atoms with Gasteiger partial charge in [0.1, 0.15) is 23.0 Å². The van der Waals surface area contributed by atoms with Crippen LogP contribution in [0.15, 0.2) is 97.1 Å². The molecule has 8 nitrogen and oxygen atoms in total. The van der Waals surface area contributed by atoms with E-state index in [9.17, 15) is 28.9 Å². The molecule has 0 bridgehead atoms. The molecule has 1 spiro atoms. The van der Waals surface area contributed by atoms with Crippen LogP contribution in [0.4, 0.5) is 15.8 Å². The summed E-state index contributed by atoms with van der Waals surface area (Å²) >= 11 is 0. The third-order valence-corrected chi connectivity index (χ3v) is 8.85. The second-order valence-electron chi connectivity index (χ2n) is 10.9. The number of rotatable bonds is 5. The summed E-state index contributed by atoms with van der Waals surface area (Å²) in [6.45, 7) is 0. The largest absolute Gasteiger partial charge is 0.497 e. The quantitative estimate of drug-likeness (QED) is 0.123. The Kier molecular flexibility index (Phi) is 5.88. The molecule has 43 heavy (non-hydrogen) atoms. The van der Waals surface area contributed by atoms with Crippen molar-refractivity contribution in [3.8, 4) is 5.75 Å². The maximum Gasteiger partial charge on any atom is 0.269 e. The van der Waals surface area contributed by atoms with E-state index in [1.807, 2.05) is 0 Å². The summed E-state index contributed by atoms with van der Waals surface area (Å²) in [5, 5.41) is 11.5. The minimum atomic E-state index is -1.78. The van der Waals surface area contributed by atoms with E-state index in [1.54, 1.807) is 71.6 Å². The Morgan fingerprint density at radius 1 is 0.930 bits per heavy atom. The molecule has 1 aliphatic carbocycles. The van der Waals surface area contributed by atoms with E-state index >= 15 is 0 Å². The molecule has 3 aliphatic rings. The van der Waals surface area contributed by atoms with Gasteiger partial charge in [0.05, 0.1) is 18.1 Å². The first kappa shape index (κ1) is 26.5. The Morgan fingerprint density at radius 2 is 1.63 bits per heavy atom. The van der Waals surface area contributed by atoms with Crippen molar-refractivity contribution in [2.45, 2.75) is 18.0 Å². The van der Waals surface area contributed by atoms with Gasteiger partial charge in [-0.1, -0.05) is 60.7 Å². The van der Waals surface area contributed by atoms with Crippen LogP contribution in [-0.2, 0) is 0 Å². The van der Waals surface area contributed by atoms with Crippen LogP contribution in [-0.4, -0.2) is 41.5 Å². The predicted octanol–water partition coefficient (Wildman–Crippen LogP) is 6.06. The van der Waals surface area contributed by atoms with E-state index in [-0.39, 0.29) is 22.6 Å². The number of Topliss-reactive ketones (excluding diaryl/α,β-unsaturated/α-hetero) is 3. The van der Waals surface area contributed by atoms with Gasteiger partial charge in [-0.05, 0) is 35.9 Å². The summed E-state index contributed by atoms with van der Waals surface area (Å²) in [6, 6.07) is 21.0. The number of ketones is 3. The molecule has 0 amide bonds. The molecule has 9 heteroatoms. The van der Waals surface area contributed by atoms with Crippen LogP contribution in [0.3, 0.4) is 0 Å². The number of nitrogens with zero attached hydrogens (tertiary/aromatic N) is 2. The first-order valence-electron chi connectivity index (χ1n) is 13.6. The molecule has 2 heterocycles. The minimum absolute atomic E-state index is 0.169. The lowest BCUT2D eigenvalue weighted by Gasteiger charge is -2.37. The van der Waals surface area contributed by atoms with Gasteiger partial charge in [-0.3, -0.25) is 24.5 Å². The van der Waals surface area contributed by atoms with Crippen molar-refractivity contribution in [2.24, 2.45) is 5.41 Å². The molecule has 0 aromatic heterocycles. The van der Waals surface area contributed by atoms with Gasteiger partial charge in [0.2, 0.25) is 0 Å². The Labute approximate surface area is 245 Å². The number of hydrogen-bond acceptors (Lipinski definition) is 7. The van der Waals surface area contributed by atoms with E-state index in [4.69, 9.17) is 4.74 Å². The fraction of sp³-hybridized carbons (Fsp3) is 0.147. The number of ether oxygens (including phenoxy) is 1. The minimum Gasteiger partial charge on any atom is -0.497 e. The monoisotopic (exact) mass is 574 g/mol.